The zero-order chi connectivity index (χ0) is 15.4. The number of likely N-dealkylation sites (tertiary alicyclic amines) is 1. The highest BCUT2D eigenvalue weighted by Crippen LogP contribution is 2.18. The molecular weight excluding hydrogens is 286 g/mol. The van der Waals surface area contributed by atoms with E-state index >= 15 is 0 Å². The third-order valence-corrected chi connectivity index (χ3v) is 4.58. The monoisotopic (exact) mass is 311 g/mol. The van der Waals surface area contributed by atoms with Crippen molar-refractivity contribution in [1.82, 2.24) is 14.7 Å². The van der Waals surface area contributed by atoms with Crippen LogP contribution in [0.1, 0.15) is 12.0 Å². The molecule has 6 heteroatoms. The lowest BCUT2D eigenvalue weighted by Gasteiger charge is -2.28. The van der Waals surface area contributed by atoms with Crippen molar-refractivity contribution in [2.45, 2.75) is 25.1 Å². The van der Waals surface area contributed by atoms with Gasteiger partial charge in [-0.3, -0.25) is 9.69 Å². The van der Waals surface area contributed by atoms with Gasteiger partial charge in [0, 0.05) is 32.7 Å². The number of carbonyl (C=O) groups is 1. The smallest absolute Gasteiger partial charge is 0.236 e. The number of rotatable bonds is 6. The van der Waals surface area contributed by atoms with Gasteiger partial charge in [0.05, 0.1) is 12.6 Å². The minimum absolute atomic E-state index is 0.110. The van der Waals surface area contributed by atoms with Gasteiger partial charge in [0.2, 0.25) is 5.91 Å². The highest BCUT2D eigenvalue weighted by atomic mass is 32.1. The number of thiophene rings is 1. The number of hydrogen-bond acceptors (Lipinski definition) is 5. The Kier molecular flexibility index (Phi) is 5.75. The van der Waals surface area contributed by atoms with Crippen molar-refractivity contribution in [1.29, 1.82) is 0 Å². The van der Waals surface area contributed by atoms with Crippen molar-refractivity contribution in [2.75, 3.05) is 40.8 Å². The van der Waals surface area contributed by atoms with Gasteiger partial charge in [-0.15, -0.1) is 0 Å². The fraction of sp³-hybridized carbons (Fsp3) is 0.667. The Morgan fingerprint density at radius 3 is 2.86 bits per heavy atom. The van der Waals surface area contributed by atoms with Crippen LogP contribution >= 0.6 is 11.3 Å². The average Bonchev–Trinajstić information content (AvgIpc) is 2.99. The molecule has 0 radical (unpaired) electrons. The van der Waals surface area contributed by atoms with Crippen molar-refractivity contribution in [3.05, 3.63) is 22.4 Å². The van der Waals surface area contributed by atoms with Crippen LogP contribution in [0.2, 0.25) is 0 Å². The summed E-state index contributed by atoms with van der Waals surface area (Å²) in [6.07, 6.45) is 0.435. The summed E-state index contributed by atoms with van der Waals surface area (Å²) in [7, 11) is 5.88. The van der Waals surface area contributed by atoms with E-state index in [1.807, 2.05) is 32.6 Å². The fourth-order valence-electron chi connectivity index (χ4n) is 2.80. The van der Waals surface area contributed by atoms with Crippen LogP contribution in [-0.2, 0) is 11.3 Å². The van der Waals surface area contributed by atoms with Crippen LogP contribution in [0.5, 0.6) is 0 Å². The Labute approximate surface area is 130 Å². The molecule has 2 atom stereocenters. The van der Waals surface area contributed by atoms with Gasteiger partial charge in [-0.25, -0.2) is 0 Å². The molecule has 0 bridgehead atoms. The maximum Gasteiger partial charge on any atom is 0.236 e. The molecule has 5 nitrogen and oxygen atoms in total. The van der Waals surface area contributed by atoms with E-state index in [4.69, 9.17) is 0 Å². The number of β-amino-alcohol motifs (C(OH)–C–C–N with tert-alkyl or cyclic N) is 1. The van der Waals surface area contributed by atoms with Gasteiger partial charge in [-0.1, -0.05) is 0 Å². The molecule has 1 aliphatic rings. The zero-order valence-electron chi connectivity index (χ0n) is 13.0. The third kappa shape index (κ3) is 4.78. The van der Waals surface area contributed by atoms with Crippen LogP contribution in [0.15, 0.2) is 16.8 Å². The maximum atomic E-state index is 12.4. The molecule has 1 fully saturated rings. The van der Waals surface area contributed by atoms with Gasteiger partial charge in [0.25, 0.3) is 0 Å². The molecule has 2 heterocycles. The minimum Gasteiger partial charge on any atom is -0.392 e. The van der Waals surface area contributed by atoms with Crippen molar-refractivity contribution in [2.24, 2.45) is 0 Å². The van der Waals surface area contributed by atoms with Gasteiger partial charge in [-0.05, 0) is 42.9 Å². The molecule has 0 aliphatic carbocycles. The first-order chi connectivity index (χ1) is 9.95. The molecule has 1 aliphatic heterocycles. The molecule has 118 valence electrons. The van der Waals surface area contributed by atoms with E-state index in [1.54, 1.807) is 16.2 Å². The van der Waals surface area contributed by atoms with Gasteiger partial charge in [-0.2, -0.15) is 11.3 Å². The molecule has 1 aromatic heterocycles. The molecule has 1 N–H and O–H groups in total. The second kappa shape index (κ2) is 7.35. The number of carbonyl (C=O) groups excluding carboxylic acids is 1. The molecule has 0 spiro atoms. The molecule has 2 unspecified atom stereocenters. The second-order valence-corrected chi connectivity index (χ2v) is 6.90. The standard InChI is InChI=1S/C15H25N3O2S/c1-16(2)8-13-6-14(19)9-18(13)10-15(20)17(3)7-12-4-5-21-11-12/h4-5,11,13-14,19H,6-10H2,1-3H3. The third-order valence-electron chi connectivity index (χ3n) is 3.85. The van der Waals surface area contributed by atoms with Crippen molar-refractivity contribution < 1.29 is 9.90 Å². The number of nitrogens with zero attached hydrogens (tertiary/aromatic N) is 3. The average molecular weight is 311 g/mol. The molecule has 2 rings (SSSR count). The van der Waals surface area contributed by atoms with Crippen LogP contribution in [0.25, 0.3) is 0 Å². The zero-order valence-corrected chi connectivity index (χ0v) is 13.8. The summed E-state index contributed by atoms with van der Waals surface area (Å²) in [5.74, 6) is 0.110. The largest absolute Gasteiger partial charge is 0.392 e. The first kappa shape index (κ1) is 16.4. The second-order valence-electron chi connectivity index (χ2n) is 6.12. The van der Waals surface area contributed by atoms with Gasteiger partial charge < -0.3 is 14.9 Å². The first-order valence-electron chi connectivity index (χ1n) is 7.27. The van der Waals surface area contributed by atoms with Crippen LogP contribution < -0.4 is 0 Å². The number of aliphatic hydroxyl groups is 1. The molecule has 0 saturated carbocycles. The molecule has 21 heavy (non-hydrogen) atoms. The topological polar surface area (TPSA) is 47.0 Å². The molecule has 1 saturated heterocycles. The highest BCUT2D eigenvalue weighted by molar-refractivity contribution is 7.07. The van der Waals surface area contributed by atoms with Crippen molar-refractivity contribution in [3.8, 4) is 0 Å². The summed E-state index contributed by atoms with van der Waals surface area (Å²) in [6.45, 7) is 2.50. The van der Waals surface area contributed by atoms with Crippen LogP contribution in [-0.4, -0.2) is 78.6 Å². The number of aliphatic hydroxyl groups excluding tert-OH is 1. The van der Waals surface area contributed by atoms with E-state index in [-0.39, 0.29) is 18.1 Å². The summed E-state index contributed by atoms with van der Waals surface area (Å²) >= 11 is 1.65. The predicted octanol–water partition coefficient (Wildman–Crippen LogP) is 0.703. The SMILES string of the molecule is CN(C)CC1CC(O)CN1CC(=O)N(C)Cc1ccsc1. The Bertz CT molecular complexity index is 450. The van der Waals surface area contributed by atoms with Crippen molar-refractivity contribution >= 4 is 17.2 Å². The van der Waals surface area contributed by atoms with E-state index in [0.29, 0.717) is 19.6 Å². The number of likely N-dealkylation sites (N-methyl/N-ethyl adjacent to an activating group) is 2. The summed E-state index contributed by atoms with van der Waals surface area (Å²) < 4.78 is 0. The van der Waals surface area contributed by atoms with Gasteiger partial charge in [0.1, 0.15) is 0 Å². The number of amides is 1. The Morgan fingerprint density at radius 1 is 1.48 bits per heavy atom. The van der Waals surface area contributed by atoms with Gasteiger partial charge >= 0.3 is 0 Å². The summed E-state index contributed by atoms with van der Waals surface area (Å²) in [6, 6.07) is 2.30. The molecule has 1 aromatic rings. The van der Waals surface area contributed by atoms with Crippen LogP contribution in [0, 0.1) is 0 Å². The Hall–Kier alpha value is -0.950. The molecular formula is C15H25N3O2S. The lowest BCUT2D eigenvalue weighted by molar-refractivity contribution is -0.132. The fourth-order valence-corrected chi connectivity index (χ4v) is 3.46. The number of hydrogen-bond donors (Lipinski definition) is 1. The summed E-state index contributed by atoms with van der Waals surface area (Å²) in [5.41, 5.74) is 1.17. The quantitative estimate of drug-likeness (QED) is 0.840. The summed E-state index contributed by atoms with van der Waals surface area (Å²) in [5, 5.41) is 14.0. The lowest BCUT2D eigenvalue weighted by Crippen LogP contribution is -2.43. The van der Waals surface area contributed by atoms with E-state index in [2.05, 4.69) is 15.2 Å². The van der Waals surface area contributed by atoms with Gasteiger partial charge in [0.15, 0.2) is 0 Å². The van der Waals surface area contributed by atoms with Crippen LogP contribution in [0.4, 0.5) is 0 Å². The first-order valence-corrected chi connectivity index (χ1v) is 8.22. The highest BCUT2D eigenvalue weighted by Gasteiger charge is 2.32. The predicted molar refractivity (Wildman–Crippen MR) is 85.3 cm³/mol. The van der Waals surface area contributed by atoms with Crippen molar-refractivity contribution in [3.63, 3.8) is 0 Å². The van der Waals surface area contributed by atoms with E-state index < -0.39 is 0 Å². The summed E-state index contributed by atoms with van der Waals surface area (Å²) in [4.78, 5) is 18.3. The normalized spacial score (nSPS) is 22.9. The van der Waals surface area contributed by atoms with E-state index in [0.717, 1.165) is 13.0 Å². The maximum absolute atomic E-state index is 12.4. The lowest BCUT2D eigenvalue weighted by atomic mass is 10.2. The van der Waals surface area contributed by atoms with E-state index in [1.165, 1.54) is 5.56 Å². The molecule has 1 amide bonds. The Morgan fingerprint density at radius 2 is 2.24 bits per heavy atom. The van der Waals surface area contributed by atoms with Crippen LogP contribution in [0.3, 0.4) is 0 Å². The molecule has 0 aromatic carbocycles. The Balaban J connectivity index is 1.88. The van der Waals surface area contributed by atoms with E-state index in [9.17, 15) is 9.90 Å². The minimum atomic E-state index is -0.315.